The number of hydrogen-bond donors (Lipinski definition) is 1. The van der Waals surface area contributed by atoms with E-state index in [9.17, 15) is 8.78 Å². The second-order valence-corrected chi connectivity index (χ2v) is 3.60. The highest BCUT2D eigenvalue weighted by Crippen LogP contribution is 2.27. The predicted octanol–water partition coefficient (Wildman–Crippen LogP) is 1.78. The number of nitrogens with one attached hydrogen (secondary N) is 1. The Bertz CT molecular complexity index is 294. The topological polar surface area (TPSA) is 29.9 Å². The van der Waals surface area contributed by atoms with Gasteiger partial charge >= 0.3 is 6.55 Å². The largest absolute Gasteiger partial charge is 0.319 e. The molecule has 0 atom stereocenters. The van der Waals surface area contributed by atoms with Crippen molar-refractivity contribution in [3.05, 3.63) is 18.2 Å². The minimum absolute atomic E-state index is 0.403. The molecule has 78 valence electrons. The first-order valence-corrected chi connectivity index (χ1v) is 4.78. The summed E-state index contributed by atoms with van der Waals surface area (Å²) in [7, 11) is 0. The van der Waals surface area contributed by atoms with Crippen molar-refractivity contribution >= 4 is 0 Å². The van der Waals surface area contributed by atoms with E-state index in [0.29, 0.717) is 12.4 Å². The van der Waals surface area contributed by atoms with Crippen LogP contribution in [0.5, 0.6) is 0 Å². The Labute approximate surface area is 81.1 Å². The van der Waals surface area contributed by atoms with Crippen LogP contribution in [0.4, 0.5) is 8.78 Å². The van der Waals surface area contributed by atoms with Gasteiger partial charge in [-0.3, -0.25) is 4.57 Å². The van der Waals surface area contributed by atoms with Crippen molar-refractivity contribution < 1.29 is 8.78 Å². The van der Waals surface area contributed by atoms with Crippen LogP contribution in [0, 0.1) is 5.92 Å². The Balaban J connectivity index is 1.84. The molecular formula is C9H13F2N3. The van der Waals surface area contributed by atoms with Crippen LogP contribution in [0.1, 0.15) is 25.2 Å². The first-order valence-electron chi connectivity index (χ1n) is 4.78. The second-order valence-electron chi connectivity index (χ2n) is 3.60. The summed E-state index contributed by atoms with van der Waals surface area (Å²) in [5.74, 6) is 1.16. The molecule has 2 rings (SSSR count). The van der Waals surface area contributed by atoms with Gasteiger partial charge in [0.1, 0.15) is 5.82 Å². The van der Waals surface area contributed by atoms with Crippen molar-refractivity contribution in [2.45, 2.75) is 25.9 Å². The SMILES string of the molecule is FC(F)n1ccnc1CNCC1CC1. The second kappa shape index (κ2) is 4.04. The molecule has 0 amide bonds. The summed E-state index contributed by atoms with van der Waals surface area (Å²) in [4.78, 5) is 3.88. The van der Waals surface area contributed by atoms with Gasteiger partial charge in [0.2, 0.25) is 0 Å². The Morgan fingerprint density at radius 1 is 1.57 bits per heavy atom. The van der Waals surface area contributed by atoms with Crippen LogP contribution in [0.2, 0.25) is 0 Å². The number of imidazole rings is 1. The highest BCUT2D eigenvalue weighted by atomic mass is 19.3. The Kier molecular flexibility index (Phi) is 2.77. The maximum absolute atomic E-state index is 12.4. The predicted molar refractivity (Wildman–Crippen MR) is 47.9 cm³/mol. The average molecular weight is 201 g/mol. The van der Waals surface area contributed by atoms with Crippen LogP contribution in [0.25, 0.3) is 0 Å². The van der Waals surface area contributed by atoms with Gasteiger partial charge in [-0.05, 0) is 25.3 Å². The number of rotatable bonds is 5. The van der Waals surface area contributed by atoms with E-state index in [1.165, 1.54) is 25.2 Å². The van der Waals surface area contributed by atoms with Crippen LogP contribution < -0.4 is 5.32 Å². The maximum atomic E-state index is 12.4. The van der Waals surface area contributed by atoms with E-state index < -0.39 is 6.55 Å². The fourth-order valence-corrected chi connectivity index (χ4v) is 1.37. The van der Waals surface area contributed by atoms with Gasteiger partial charge in [0.15, 0.2) is 0 Å². The summed E-state index contributed by atoms with van der Waals surface area (Å²) in [6.07, 6.45) is 5.23. The molecule has 1 heterocycles. The van der Waals surface area contributed by atoms with E-state index in [2.05, 4.69) is 10.3 Å². The number of aromatic nitrogens is 2. The van der Waals surface area contributed by atoms with E-state index in [0.717, 1.165) is 17.0 Å². The smallest absolute Gasteiger partial charge is 0.310 e. The molecule has 1 aromatic rings. The molecule has 1 saturated carbocycles. The van der Waals surface area contributed by atoms with Crippen molar-refractivity contribution in [1.29, 1.82) is 0 Å². The molecule has 1 N–H and O–H groups in total. The zero-order valence-corrected chi connectivity index (χ0v) is 7.79. The number of alkyl halides is 2. The molecule has 0 unspecified atom stereocenters. The van der Waals surface area contributed by atoms with Gasteiger partial charge in [0, 0.05) is 12.4 Å². The Morgan fingerprint density at radius 3 is 3.00 bits per heavy atom. The lowest BCUT2D eigenvalue weighted by Crippen LogP contribution is -2.19. The van der Waals surface area contributed by atoms with Gasteiger partial charge in [-0.15, -0.1) is 0 Å². The minimum Gasteiger partial charge on any atom is -0.310 e. The van der Waals surface area contributed by atoms with Crippen LogP contribution in [0.3, 0.4) is 0 Å². The van der Waals surface area contributed by atoms with Crippen molar-refractivity contribution in [2.75, 3.05) is 6.54 Å². The Hall–Kier alpha value is -0.970. The summed E-state index contributed by atoms with van der Waals surface area (Å²) in [6.45, 7) is -1.15. The van der Waals surface area contributed by atoms with E-state index in [-0.39, 0.29) is 0 Å². The summed E-state index contributed by atoms with van der Waals surface area (Å²) in [5.41, 5.74) is 0. The highest BCUT2D eigenvalue weighted by Gasteiger charge is 2.20. The minimum atomic E-state index is -2.49. The van der Waals surface area contributed by atoms with Crippen molar-refractivity contribution in [3.8, 4) is 0 Å². The third-order valence-electron chi connectivity index (χ3n) is 2.37. The fraction of sp³-hybridized carbons (Fsp3) is 0.667. The summed E-state index contributed by atoms with van der Waals surface area (Å²) >= 11 is 0. The zero-order chi connectivity index (χ0) is 9.97. The standard InChI is InChI=1S/C9H13F2N3/c10-9(11)14-4-3-13-8(14)6-12-5-7-1-2-7/h3-4,7,9,12H,1-2,5-6H2. The molecule has 0 spiro atoms. The monoisotopic (exact) mass is 201 g/mol. The summed E-state index contributed by atoms with van der Waals surface area (Å²) < 4.78 is 25.6. The van der Waals surface area contributed by atoms with Gasteiger partial charge in [-0.1, -0.05) is 0 Å². The molecule has 1 fully saturated rings. The fourth-order valence-electron chi connectivity index (χ4n) is 1.37. The lowest BCUT2D eigenvalue weighted by atomic mass is 10.4. The molecule has 0 radical (unpaired) electrons. The lowest BCUT2D eigenvalue weighted by Gasteiger charge is -2.06. The van der Waals surface area contributed by atoms with Crippen molar-refractivity contribution in [2.24, 2.45) is 5.92 Å². The molecule has 5 heteroatoms. The third-order valence-corrected chi connectivity index (χ3v) is 2.37. The van der Waals surface area contributed by atoms with Crippen LogP contribution in [-0.4, -0.2) is 16.1 Å². The number of hydrogen-bond acceptors (Lipinski definition) is 2. The molecule has 14 heavy (non-hydrogen) atoms. The average Bonchev–Trinajstić information content (AvgIpc) is 2.82. The first kappa shape index (κ1) is 9.58. The molecule has 1 aromatic heterocycles. The van der Waals surface area contributed by atoms with Gasteiger partial charge in [-0.25, -0.2) is 4.98 Å². The normalized spacial score (nSPS) is 16.5. The Morgan fingerprint density at radius 2 is 2.36 bits per heavy atom. The number of nitrogens with zero attached hydrogens (tertiary/aromatic N) is 2. The third kappa shape index (κ3) is 2.29. The molecule has 0 bridgehead atoms. The van der Waals surface area contributed by atoms with Crippen molar-refractivity contribution in [3.63, 3.8) is 0 Å². The first-order chi connectivity index (χ1) is 6.77. The molecule has 1 aliphatic rings. The molecule has 0 saturated heterocycles. The van der Waals surface area contributed by atoms with E-state index in [4.69, 9.17) is 0 Å². The molecule has 1 aliphatic carbocycles. The lowest BCUT2D eigenvalue weighted by molar-refractivity contribution is 0.0666. The van der Waals surface area contributed by atoms with Gasteiger partial charge in [0.25, 0.3) is 0 Å². The van der Waals surface area contributed by atoms with Crippen LogP contribution >= 0.6 is 0 Å². The zero-order valence-electron chi connectivity index (χ0n) is 7.79. The van der Waals surface area contributed by atoms with E-state index >= 15 is 0 Å². The molecule has 0 aromatic carbocycles. The van der Waals surface area contributed by atoms with Crippen LogP contribution in [0.15, 0.2) is 12.4 Å². The summed E-state index contributed by atoms with van der Waals surface area (Å²) in [5, 5.41) is 3.13. The quantitative estimate of drug-likeness (QED) is 0.787. The van der Waals surface area contributed by atoms with Gasteiger partial charge in [-0.2, -0.15) is 8.78 Å². The van der Waals surface area contributed by atoms with E-state index in [1.807, 2.05) is 0 Å². The van der Waals surface area contributed by atoms with Gasteiger partial charge < -0.3 is 5.32 Å². The van der Waals surface area contributed by atoms with Crippen LogP contribution in [-0.2, 0) is 6.54 Å². The molecular weight excluding hydrogens is 188 g/mol. The van der Waals surface area contributed by atoms with Gasteiger partial charge in [0.05, 0.1) is 6.54 Å². The highest BCUT2D eigenvalue weighted by molar-refractivity contribution is 4.92. The number of halogens is 2. The van der Waals surface area contributed by atoms with Crippen molar-refractivity contribution in [1.82, 2.24) is 14.9 Å². The maximum Gasteiger partial charge on any atom is 0.319 e. The molecule has 0 aliphatic heterocycles. The van der Waals surface area contributed by atoms with E-state index in [1.54, 1.807) is 0 Å². The summed E-state index contributed by atoms with van der Waals surface area (Å²) in [6, 6.07) is 0. The molecule has 3 nitrogen and oxygen atoms in total.